The summed E-state index contributed by atoms with van der Waals surface area (Å²) in [5.74, 6) is 0.645. The molecule has 0 saturated carbocycles. The van der Waals surface area contributed by atoms with Crippen LogP contribution in [0.2, 0.25) is 0 Å². The summed E-state index contributed by atoms with van der Waals surface area (Å²) in [4.78, 5) is 15.6. The highest BCUT2D eigenvalue weighted by molar-refractivity contribution is 5.81. The van der Waals surface area contributed by atoms with Crippen LogP contribution in [0, 0.1) is 0 Å². The summed E-state index contributed by atoms with van der Waals surface area (Å²) >= 11 is 0. The van der Waals surface area contributed by atoms with Crippen molar-refractivity contribution in [3.8, 4) is 11.1 Å². The quantitative estimate of drug-likeness (QED) is 0.611. The van der Waals surface area contributed by atoms with E-state index in [-0.39, 0.29) is 28.2 Å². The predicted molar refractivity (Wildman–Crippen MR) is 111 cm³/mol. The largest absolute Gasteiger partial charge is 0.465 e. The number of aromatic amines is 1. The molecule has 162 valence electrons. The van der Waals surface area contributed by atoms with Crippen molar-refractivity contribution >= 4 is 11.4 Å². The minimum Gasteiger partial charge on any atom is -0.465 e. The number of rotatable bonds is 3. The third-order valence-corrected chi connectivity index (χ3v) is 5.11. The fourth-order valence-electron chi connectivity index (χ4n) is 3.64. The fourth-order valence-corrected chi connectivity index (χ4v) is 3.64. The first kappa shape index (κ1) is 19.9. The second-order valence-corrected chi connectivity index (χ2v) is 7.23. The van der Waals surface area contributed by atoms with Gasteiger partial charge in [-0.2, -0.15) is 22.8 Å². The summed E-state index contributed by atoms with van der Waals surface area (Å²) < 4.78 is 53.3. The molecule has 0 fully saturated rings. The van der Waals surface area contributed by atoms with Gasteiger partial charge in [-0.05, 0) is 24.0 Å². The van der Waals surface area contributed by atoms with E-state index < -0.39 is 17.4 Å². The lowest BCUT2D eigenvalue weighted by Crippen LogP contribution is -2.17. The van der Waals surface area contributed by atoms with Crippen LogP contribution in [0.3, 0.4) is 0 Å². The lowest BCUT2D eigenvalue weighted by atomic mass is 10.0. The van der Waals surface area contributed by atoms with Gasteiger partial charge < -0.3 is 14.5 Å². The van der Waals surface area contributed by atoms with E-state index in [1.165, 1.54) is 24.7 Å². The van der Waals surface area contributed by atoms with Crippen LogP contribution in [0.4, 0.5) is 13.2 Å². The normalized spacial score (nSPS) is 16.2. The Balaban J connectivity index is 1.64. The summed E-state index contributed by atoms with van der Waals surface area (Å²) in [6, 6.07) is 9.11. The molecule has 0 radical (unpaired) electrons. The molecule has 1 aliphatic carbocycles. The van der Waals surface area contributed by atoms with Gasteiger partial charge in [-0.3, -0.25) is 4.79 Å². The summed E-state index contributed by atoms with van der Waals surface area (Å²) in [6.07, 6.45) is 5.42. The second-order valence-electron chi connectivity index (χ2n) is 7.23. The van der Waals surface area contributed by atoms with Gasteiger partial charge in [-0.1, -0.05) is 48.6 Å². The first-order valence-corrected chi connectivity index (χ1v) is 9.80. The van der Waals surface area contributed by atoms with Gasteiger partial charge in [0.15, 0.2) is 17.2 Å². The van der Waals surface area contributed by atoms with Crippen molar-refractivity contribution in [2.24, 2.45) is 0 Å². The van der Waals surface area contributed by atoms with Crippen molar-refractivity contribution in [3.63, 3.8) is 0 Å². The molecule has 9 heteroatoms. The average molecular weight is 439 g/mol. The van der Waals surface area contributed by atoms with E-state index in [2.05, 4.69) is 10.1 Å². The highest BCUT2D eigenvalue weighted by Crippen LogP contribution is 2.38. The first-order chi connectivity index (χ1) is 15.4. The van der Waals surface area contributed by atoms with Gasteiger partial charge >= 0.3 is 6.18 Å². The number of H-pyrrole nitrogens is 1. The zero-order chi connectivity index (χ0) is 22.3. The number of allylic oxidation sites excluding steroid dienone is 4. The highest BCUT2D eigenvalue weighted by atomic mass is 19.4. The molecule has 0 spiro atoms. The molecule has 6 nitrogen and oxygen atoms in total. The molecule has 3 heterocycles. The molecule has 2 aliphatic rings. The number of fused-ring (bicyclic) bond motifs is 1. The SMILES string of the molecule is O=c1cc(C2=COC=C(C3=CC=CCC3)O2)[nH]c2c(-c3ccccc3)c(C(F)(F)F)nn12. The lowest BCUT2D eigenvalue weighted by Gasteiger charge is -2.19. The van der Waals surface area contributed by atoms with E-state index in [0.29, 0.717) is 10.3 Å². The first-order valence-electron chi connectivity index (χ1n) is 9.80. The van der Waals surface area contributed by atoms with E-state index in [9.17, 15) is 18.0 Å². The zero-order valence-electron chi connectivity index (χ0n) is 16.5. The predicted octanol–water partition coefficient (Wildman–Crippen LogP) is 5.17. The van der Waals surface area contributed by atoms with E-state index in [1.807, 2.05) is 18.2 Å². The van der Waals surface area contributed by atoms with E-state index in [1.54, 1.807) is 18.2 Å². The maximum atomic E-state index is 13.7. The van der Waals surface area contributed by atoms with Crippen molar-refractivity contribution in [3.05, 3.63) is 100 Å². The van der Waals surface area contributed by atoms with Crippen LogP contribution >= 0.6 is 0 Å². The number of nitrogens with zero attached hydrogens (tertiary/aromatic N) is 2. The molecular weight excluding hydrogens is 423 g/mol. The molecule has 0 bridgehead atoms. The van der Waals surface area contributed by atoms with Crippen molar-refractivity contribution < 1.29 is 22.6 Å². The molecule has 1 aliphatic heterocycles. The molecule has 1 aromatic carbocycles. The number of alkyl halides is 3. The van der Waals surface area contributed by atoms with Gasteiger partial charge in [-0.25, -0.2) is 0 Å². The molecule has 1 N–H and O–H groups in total. The van der Waals surface area contributed by atoms with Crippen molar-refractivity contribution in [2.45, 2.75) is 19.0 Å². The molecule has 0 atom stereocenters. The Labute approximate surface area is 179 Å². The number of benzene rings is 1. The number of ether oxygens (including phenoxy) is 2. The smallest absolute Gasteiger partial charge is 0.435 e. The topological polar surface area (TPSA) is 68.6 Å². The second kappa shape index (κ2) is 7.60. The number of aromatic nitrogens is 3. The molecule has 32 heavy (non-hydrogen) atoms. The molecular formula is C23H16F3N3O3. The third kappa shape index (κ3) is 3.51. The van der Waals surface area contributed by atoms with Gasteiger partial charge in [0.2, 0.25) is 0 Å². The third-order valence-electron chi connectivity index (χ3n) is 5.11. The summed E-state index contributed by atoms with van der Waals surface area (Å²) in [7, 11) is 0. The van der Waals surface area contributed by atoms with Crippen LogP contribution in [-0.2, 0) is 15.7 Å². The monoisotopic (exact) mass is 439 g/mol. The molecule has 0 unspecified atom stereocenters. The Hall–Kier alpha value is -4.01. The van der Waals surface area contributed by atoms with E-state index >= 15 is 0 Å². The maximum absolute atomic E-state index is 13.7. The standard InChI is InChI=1S/C23H16F3N3O3/c24-23(25,26)21-20(15-9-5-2-6-10-15)22-27-16(11-19(30)29(22)28-21)18-13-31-12-17(32-18)14-7-3-1-4-8-14/h1-3,5-7,9-13,27H,4,8H2. The van der Waals surface area contributed by atoms with Crippen LogP contribution in [0.25, 0.3) is 22.5 Å². The van der Waals surface area contributed by atoms with E-state index in [4.69, 9.17) is 9.47 Å². The molecule has 2 aromatic heterocycles. The van der Waals surface area contributed by atoms with Crippen molar-refractivity contribution in [2.75, 3.05) is 0 Å². The number of hydrogen-bond acceptors (Lipinski definition) is 4. The molecule has 0 saturated heterocycles. The van der Waals surface area contributed by atoms with Gasteiger partial charge in [-0.15, -0.1) is 0 Å². The minimum atomic E-state index is -4.75. The van der Waals surface area contributed by atoms with Gasteiger partial charge in [0.1, 0.15) is 18.2 Å². The van der Waals surface area contributed by atoms with Gasteiger partial charge in [0.25, 0.3) is 5.56 Å². The molecule has 0 amide bonds. The fraction of sp³-hybridized carbons (Fsp3) is 0.130. The van der Waals surface area contributed by atoms with Crippen LogP contribution in [-0.4, -0.2) is 14.6 Å². The van der Waals surface area contributed by atoms with Crippen LogP contribution in [0.15, 0.2) is 83.3 Å². The van der Waals surface area contributed by atoms with Crippen molar-refractivity contribution in [1.82, 2.24) is 14.6 Å². The number of halogens is 3. The number of hydrogen-bond donors (Lipinski definition) is 1. The van der Waals surface area contributed by atoms with Crippen molar-refractivity contribution in [1.29, 1.82) is 0 Å². The van der Waals surface area contributed by atoms with Crippen LogP contribution < -0.4 is 5.56 Å². The Kier molecular flexibility index (Phi) is 4.73. The zero-order valence-corrected chi connectivity index (χ0v) is 16.5. The average Bonchev–Trinajstić information content (AvgIpc) is 3.21. The Morgan fingerprint density at radius 3 is 2.59 bits per heavy atom. The van der Waals surface area contributed by atoms with Gasteiger partial charge in [0, 0.05) is 6.07 Å². The Morgan fingerprint density at radius 1 is 1.09 bits per heavy atom. The lowest BCUT2D eigenvalue weighted by molar-refractivity contribution is -0.140. The highest BCUT2D eigenvalue weighted by Gasteiger charge is 2.39. The Morgan fingerprint density at radius 2 is 1.88 bits per heavy atom. The summed E-state index contributed by atoms with van der Waals surface area (Å²) in [5, 5.41) is 3.56. The molecule has 3 aromatic rings. The molecule has 5 rings (SSSR count). The summed E-state index contributed by atoms with van der Waals surface area (Å²) in [5.41, 5.74) is -0.833. The summed E-state index contributed by atoms with van der Waals surface area (Å²) in [6.45, 7) is 0. The van der Waals surface area contributed by atoms with E-state index in [0.717, 1.165) is 24.5 Å². The van der Waals surface area contributed by atoms with Gasteiger partial charge in [0.05, 0.1) is 11.3 Å². The minimum absolute atomic E-state index is 0.0913. The maximum Gasteiger partial charge on any atom is 0.435 e. The Bertz CT molecular complexity index is 1380. The van der Waals surface area contributed by atoms with Crippen LogP contribution in [0.5, 0.6) is 0 Å². The number of nitrogens with one attached hydrogen (secondary N) is 1. The van der Waals surface area contributed by atoms with Crippen LogP contribution in [0.1, 0.15) is 24.2 Å².